The lowest BCUT2D eigenvalue weighted by Gasteiger charge is -2.18. The van der Waals surface area contributed by atoms with Crippen LogP contribution in [0.2, 0.25) is 0 Å². The molecule has 8 aromatic carbocycles. The van der Waals surface area contributed by atoms with E-state index < -0.39 is 0 Å². The van der Waals surface area contributed by atoms with Crippen molar-refractivity contribution in [2.24, 2.45) is 0 Å². The number of hydrogen-bond donors (Lipinski definition) is 0. The van der Waals surface area contributed by atoms with Crippen molar-refractivity contribution >= 4 is 107 Å². The molecule has 0 fully saturated rings. The van der Waals surface area contributed by atoms with Crippen molar-refractivity contribution in [2.75, 3.05) is 0 Å². The van der Waals surface area contributed by atoms with Gasteiger partial charge in [0.15, 0.2) is 0 Å². The van der Waals surface area contributed by atoms with Crippen molar-refractivity contribution in [3.8, 4) is 22.3 Å². The second kappa shape index (κ2) is 9.52. The highest BCUT2D eigenvalue weighted by molar-refractivity contribution is 7.27. The molecule has 0 atom stereocenters. The van der Waals surface area contributed by atoms with Gasteiger partial charge in [-0.3, -0.25) is 0 Å². The summed E-state index contributed by atoms with van der Waals surface area (Å²) in [5.41, 5.74) is 6.85. The van der Waals surface area contributed by atoms with E-state index in [1.54, 1.807) is 0 Å². The second-order valence-corrected chi connectivity index (χ2v) is 14.5. The Balaban J connectivity index is 1.20. The quantitative estimate of drug-likeness (QED) is 0.173. The topological polar surface area (TPSA) is 13.1 Å². The molecule has 0 saturated carbocycles. The second-order valence-electron chi connectivity index (χ2n) is 12.4. The van der Waals surface area contributed by atoms with Crippen LogP contribution in [0, 0.1) is 0 Å². The summed E-state index contributed by atoms with van der Waals surface area (Å²) in [5, 5.41) is 12.7. The molecular formula is C44H24OS2. The van der Waals surface area contributed by atoms with Crippen molar-refractivity contribution < 1.29 is 4.42 Å². The maximum Gasteiger partial charge on any atom is 0.136 e. The smallest absolute Gasteiger partial charge is 0.136 e. The van der Waals surface area contributed by atoms with E-state index in [1.807, 2.05) is 28.7 Å². The lowest BCUT2D eigenvalue weighted by atomic mass is 9.85. The van der Waals surface area contributed by atoms with E-state index >= 15 is 0 Å². The minimum atomic E-state index is 0.920. The monoisotopic (exact) mass is 632 g/mol. The van der Waals surface area contributed by atoms with Gasteiger partial charge in [-0.1, -0.05) is 109 Å². The molecule has 47 heavy (non-hydrogen) atoms. The summed E-state index contributed by atoms with van der Waals surface area (Å²) in [7, 11) is 0. The van der Waals surface area contributed by atoms with Gasteiger partial charge in [-0.2, -0.15) is 0 Å². The van der Waals surface area contributed by atoms with Gasteiger partial charge in [0, 0.05) is 51.1 Å². The van der Waals surface area contributed by atoms with Crippen LogP contribution in [0.1, 0.15) is 0 Å². The molecule has 0 unspecified atom stereocenters. The number of para-hydroxylation sites is 1. The maximum absolute atomic E-state index is 6.34. The zero-order chi connectivity index (χ0) is 30.6. The van der Waals surface area contributed by atoms with E-state index in [-0.39, 0.29) is 0 Å². The summed E-state index contributed by atoms with van der Waals surface area (Å²) in [6, 6.07) is 53.4. The van der Waals surface area contributed by atoms with E-state index in [0.29, 0.717) is 0 Å². The first-order valence-corrected chi connectivity index (χ1v) is 17.6. The zero-order valence-electron chi connectivity index (χ0n) is 25.1. The molecule has 218 valence electrons. The first kappa shape index (κ1) is 25.7. The fourth-order valence-corrected chi connectivity index (χ4v) is 10.2. The number of rotatable bonds is 2. The molecule has 3 heteroatoms. The molecule has 0 spiro atoms. The molecule has 3 heterocycles. The third-order valence-electron chi connectivity index (χ3n) is 9.86. The highest BCUT2D eigenvalue weighted by Gasteiger charge is 2.20. The van der Waals surface area contributed by atoms with E-state index in [1.165, 1.54) is 89.5 Å². The van der Waals surface area contributed by atoms with Gasteiger partial charge in [0.2, 0.25) is 0 Å². The zero-order valence-corrected chi connectivity index (χ0v) is 26.7. The summed E-state index contributed by atoms with van der Waals surface area (Å²) in [4.78, 5) is 0. The van der Waals surface area contributed by atoms with Gasteiger partial charge in [0.25, 0.3) is 0 Å². The van der Waals surface area contributed by atoms with Crippen LogP contribution in [-0.4, -0.2) is 0 Å². The number of thiophene rings is 2. The average Bonchev–Trinajstić information content (AvgIpc) is 3.80. The lowest BCUT2D eigenvalue weighted by Crippen LogP contribution is -1.91. The van der Waals surface area contributed by atoms with Crippen molar-refractivity contribution in [1.29, 1.82) is 0 Å². The minimum Gasteiger partial charge on any atom is -0.456 e. The van der Waals surface area contributed by atoms with Gasteiger partial charge >= 0.3 is 0 Å². The molecule has 0 aliphatic rings. The summed E-state index contributed by atoms with van der Waals surface area (Å²) < 4.78 is 11.7. The van der Waals surface area contributed by atoms with Crippen molar-refractivity contribution in [3.05, 3.63) is 146 Å². The van der Waals surface area contributed by atoms with Crippen molar-refractivity contribution in [2.45, 2.75) is 0 Å². The molecule has 3 aromatic heterocycles. The standard InChI is InChI=1S/C44H24OS2/c1-3-13-30-28(11-1)42(25-20-21-27-35-24-40-34(23-41(35)47-39(27)22-25)26-10-6-8-19-38(26)46-40)29-12-2-4-14-31(29)43(30)33-16-9-18-37-44(33)32-15-5-7-17-36(32)45-37/h1-24H. The van der Waals surface area contributed by atoms with E-state index in [9.17, 15) is 0 Å². The Morgan fingerprint density at radius 3 is 1.60 bits per heavy atom. The summed E-state index contributed by atoms with van der Waals surface area (Å²) >= 11 is 3.80. The molecular weight excluding hydrogens is 609 g/mol. The van der Waals surface area contributed by atoms with Crippen LogP contribution in [0.5, 0.6) is 0 Å². The SMILES string of the molecule is c1ccc2c(c1)oc1cccc(-c3c4ccccc4c(-c4ccc5c(c4)sc4cc6c(cc45)sc4ccccc46)c4ccccc34)c12. The van der Waals surface area contributed by atoms with Crippen LogP contribution >= 0.6 is 22.7 Å². The Morgan fingerprint density at radius 2 is 0.872 bits per heavy atom. The Kier molecular flexibility index (Phi) is 5.20. The Morgan fingerprint density at radius 1 is 0.340 bits per heavy atom. The summed E-state index contributed by atoms with van der Waals surface area (Å²) in [6.45, 7) is 0. The first-order valence-electron chi connectivity index (χ1n) is 15.9. The van der Waals surface area contributed by atoms with Crippen molar-refractivity contribution in [3.63, 3.8) is 0 Å². The van der Waals surface area contributed by atoms with E-state index in [4.69, 9.17) is 4.42 Å². The Bertz CT molecular complexity index is 3020. The predicted octanol–water partition coefficient (Wildman–Crippen LogP) is 14.0. The summed E-state index contributed by atoms with van der Waals surface area (Å²) in [6.07, 6.45) is 0. The Labute approximate surface area is 277 Å². The van der Waals surface area contributed by atoms with Gasteiger partial charge in [-0.15, -0.1) is 22.7 Å². The molecule has 0 N–H and O–H groups in total. The lowest BCUT2D eigenvalue weighted by molar-refractivity contribution is 0.669. The molecule has 0 saturated heterocycles. The number of furan rings is 1. The molecule has 0 aliphatic carbocycles. The van der Waals surface area contributed by atoms with Gasteiger partial charge < -0.3 is 4.42 Å². The molecule has 0 bridgehead atoms. The van der Waals surface area contributed by atoms with Crippen LogP contribution in [0.3, 0.4) is 0 Å². The first-order chi connectivity index (χ1) is 23.3. The predicted molar refractivity (Wildman–Crippen MR) is 205 cm³/mol. The van der Waals surface area contributed by atoms with Crippen LogP contribution in [0.25, 0.3) is 106 Å². The highest BCUT2D eigenvalue weighted by atomic mass is 32.1. The number of benzene rings is 8. The number of hydrogen-bond acceptors (Lipinski definition) is 3. The van der Waals surface area contributed by atoms with Crippen LogP contribution in [-0.2, 0) is 0 Å². The van der Waals surface area contributed by atoms with Gasteiger partial charge in [0.1, 0.15) is 11.2 Å². The van der Waals surface area contributed by atoms with E-state index in [0.717, 1.165) is 16.6 Å². The van der Waals surface area contributed by atoms with Crippen LogP contribution < -0.4 is 0 Å². The fourth-order valence-electron chi connectivity index (χ4n) is 7.86. The third kappa shape index (κ3) is 3.58. The highest BCUT2D eigenvalue weighted by Crippen LogP contribution is 2.48. The van der Waals surface area contributed by atoms with Gasteiger partial charge in [-0.25, -0.2) is 0 Å². The van der Waals surface area contributed by atoms with Crippen LogP contribution in [0.15, 0.2) is 150 Å². The molecule has 1 nitrogen and oxygen atoms in total. The number of fused-ring (bicyclic) bond motifs is 11. The molecule has 0 aliphatic heterocycles. The fraction of sp³-hybridized carbons (Fsp3) is 0. The van der Waals surface area contributed by atoms with Gasteiger partial charge in [0.05, 0.1) is 0 Å². The van der Waals surface area contributed by atoms with Gasteiger partial charge in [-0.05, 0) is 80.2 Å². The summed E-state index contributed by atoms with van der Waals surface area (Å²) in [5.74, 6) is 0. The minimum absolute atomic E-state index is 0.920. The van der Waals surface area contributed by atoms with E-state index in [2.05, 4.69) is 140 Å². The molecule has 11 aromatic rings. The normalized spacial score (nSPS) is 12.3. The molecule has 0 radical (unpaired) electrons. The van der Waals surface area contributed by atoms with Crippen LogP contribution in [0.4, 0.5) is 0 Å². The van der Waals surface area contributed by atoms with Crippen molar-refractivity contribution in [1.82, 2.24) is 0 Å². The third-order valence-corrected chi connectivity index (χ3v) is 12.1. The molecule has 11 rings (SSSR count). The maximum atomic E-state index is 6.34. The largest absolute Gasteiger partial charge is 0.456 e. The molecule has 0 amide bonds. The Hall–Kier alpha value is -5.48. The average molecular weight is 633 g/mol.